The molecule has 3 N–H and O–H groups in total. The molecule has 0 aliphatic heterocycles. The van der Waals surface area contributed by atoms with Crippen LogP contribution in [0, 0.1) is 35.0 Å². The summed E-state index contributed by atoms with van der Waals surface area (Å²) in [4.78, 5) is 24.3. The second-order valence-corrected chi connectivity index (χ2v) is 8.44. The zero-order valence-electron chi connectivity index (χ0n) is 18.5. The second-order valence-electron chi connectivity index (χ2n) is 8.44. The Labute approximate surface area is 180 Å². The predicted molar refractivity (Wildman–Crippen MR) is 118 cm³/mol. The van der Waals surface area contributed by atoms with Crippen LogP contribution in [0.5, 0.6) is 0 Å². The summed E-state index contributed by atoms with van der Waals surface area (Å²) < 4.78 is 0. The highest BCUT2D eigenvalue weighted by atomic mass is 16.2. The van der Waals surface area contributed by atoms with Gasteiger partial charge in [-0.15, -0.1) is 0 Å². The van der Waals surface area contributed by atoms with Crippen LogP contribution in [0.25, 0.3) is 0 Å². The van der Waals surface area contributed by atoms with E-state index in [2.05, 4.69) is 48.9 Å². The van der Waals surface area contributed by atoms with Gasteiger partial charge in [0.25, 0.3) is 0 Å². The summed E-state index contributed by atoms with van der Waals surface area (Å²) in [5.74, 6) is 1.44. The van der Waals surface area contributed by atoms with Crippen molar-refractivity contribution in [3.05, 3.63) is 47.0 Å². The third kappa shape index (κ3) is 6.91. The van der Waals surface area contributed by atoms with Crippen molar-refractivity contribution in [2.45, 2.75) is 47.1 Å². The molecule has 1 aliphatic carbocycles. The number of allylic oxidation sites excluding steroid dienone is 1. The van der Waals surface area contributed by atoms with Gasteiger partial charge in [0.15, 0.2) is 0 Å². The highest BCUT2D eigenvalue weighted by Gasteiger charge is 2.32. The van der Waals surface area contributed by atoms with Crippen LogP contribution >= 0.6 is 0 Å². The number of hydrogen-bond acceptors (Lipinski definition) is 3. The van der Waals surface area contributed by atoms with Crippen LogP contribution in [0.1, 0.15) is 51.7 Å². The fraction of sp³-hybridized carbons (Fsp3) is 0.542. The normalized spacial score (nSPS) is 20.8. The molecule has 1 aromatic carbocycles. The van der Waals surface area contributed by atoms with Crippen molar-refractivity contribution in [1.82, 2.24) is 16.0 Å². The monoisotopic (exact) mass is 410 g/mol. The van der Waals surface area contributed by atoms with Crippen LogP contribution in [0.15, 0.2) is 35.9 Å². The minimum absolute atomic E-state index is 0.0403. The van der Waals surface area contributed by atoms with Gasteiger partial charge in [-0.25, -0.2) is 4.79 Å². The maximum atomic E-state index is 12.5. The van der Waals surface area contributed by atoms with E-state index in [0.717, 1.165) is 12.0 Å². The van der Waals surface area contributed by atoms with Gasteiger partial charge in [0.1, 0.15) is 0 Å². The van der Waals surface area contributed by atoms with Crippen LogP contribution in [-0.2, 0) is 11.3 Å². The Hall–Kier alpha value is -2.81. The average molecular weight is 411 g/mol. The lowest BCUT2D eigenvalue weighted by atomic mass is 9.70. The number of nitriles is 1. The summed E-state index contributed by atoms with van der Waals surface area (Å²) in [7, 11) is 0. The van der Waals surface area contributed by atoms with E-state index >= 15 is 0 Å². The van der Waals surface area contributed by atoms with Gasteiger partial charge in [-0.2, -0.15) is 5.26 Å². The van der Waals surface area contributed by atoms with Gasteiger partial charge in [0.05, 0.1) is 11.6 Å². The molecule has 0 radical (unpaired) electrons. The van der Waals surface area contributed by atoms with Crippen LogP contribution in [0.3, 0.4) is 0 Å². The summed E-state index contributed by atoms with van der Waals surface area (Å²) in [6.45, 7) is 10.1. The van der Waals surface area contributed by atoms with Gasteiger partial charge in [0, 0.05) is 26.1 Å². The van der Waals surface area contributed by atoms with E-state index in [9.17, 15) is 9.59 Å². The van der Waals surface area contributed by atoms with Gasteiger partial charge in [-0.05, 0) is 61.6 Å². The van der Waals surface area contributed by atoms with Crippen LogP contribution in [0.2, 0.25) is 0 Å². The van der Waals surface area contributed by atoms with Gasteiger partial charge in [-0.3, -0.25) is 4.79 Å². The summed E-state index contributed by atoms with van der Waals surface area (Å²) in [6.07, 6.45) is 3.67. The Bertz CT molecular complexity index is 792. The Morgan fingerprint density at radius 1 is 1.17 bits per heavy atom. The Morgan fingerprint density at radius 2 is 1.87 bits per heavy atom. The lowest BCUT2D eigenvalue weighted by Crippen LogP contribution is -2.41. The Kier molecular flexibility index (Phi) is 8.91. The van der Waals surface area contributed by atoms with Gasteiger partial charge < -0.3 is 16.0 Å². The molecule has 30 heavy (non-hydrogen) atoms. The topological polar surface area (TPSA) is 94.0 Å². The molecule has 0 unspecified atom stereocenters. The van der Waals surface area contributed by atoms with Crippen molar-refractivity contribution in [3.8, 4) is 6.07 Å². The lowest BCUT2D eigenvalue weighted by molar-refractivity contribution is -0.122. The molecular weight excluding hydrogens is 376 g/mol. The first kappa shape index (κ1) is 23.5. The molecule has 0 saturated carbocycles. The molecule has 0 aromatic heterocycles. The van der Waals surface area contributed by atoms with E-state index < -0.39 is 0 Å². The number of nitrogens with zero attached hydrogens (tertiary/aromatic N) is 1. The van der Waals surface area contributed by atoms with Crippen molar-refractivity contribution >= 4 is 11.9 Å². The predicted octanol–water partition coefficient (Wildman–Crippen LogP) is 3.74. The second kappa shape index (κ2) is 11.4. The summed E-state index contributed by atoms with van der Waals surface area (Å²) >= 11 is 0. The number of urea groups is 1. The molecule has 0 bridgehead atoms. The first-order valence-corrected chi connectivity index (χ1v) is 10.8. The highest BCUT2D eigenvalue weighted by Crippen LogP contribution is 2.38. The zero-order valence-corrected chi connectivity index (χ0v) is 18.5. The highest BCUT2D eigenvalue weighted by molar-refractivity contribution is 5.76. The first-order valence-electron chi connectivity index (χ1n) is 10.8. The van der Waals surface area contributed by atoms with Crippen molar-refractivity contribution in [2.75, 3.05) is 13.1 Å². The fourth-order valence-electron chi connectivity index (χ4n) is 4.14. The van der Waals surface area contributed by atoms with E-state index in [4.69, 9.17) is 5.26 Å². The maximum absolute atomic E-state index is 12.5. The largest absolute Gasteiger partial charge is 0.352 e. The standard InChI is InChI=1S/C24H34N4O2/c1-5-26-24(30)28-15-21-10-17(4)20(11-22(21)16(2)3)12-23(29)27-14-19-8-6-18(13-25)7-9-19/h6-10,16,20-22H,5,11-12,14-15H2,1-4H3,(H,27,29)(H2,26,28,30)/t20-,21-,22-/m0/s1. The molecule has 0 saturated heterocycles. The number of hydrogen-bond donors (Lipinski definition) is 3. The molecule has 0 heterocycles. The van der Waals surface area contributed by atoms with E-state index in [1.54, 1.807) is 12.1 Å². The Morgan fingerprint density at radius 3 is 2.47 bits per heavy atom. The lowest BCUT2D eigenvalue weighted by Gasteiger charge is -2.37. The number of carbonyl (C=O) groups is 2. The molecule has 6 heteroatoms. The quantitative estimate of drug-likeness (QED) is 0.570. The molecule has 6 nitrogen and oxygen atoms in total. The maximum Gasteiger partial charge on any atom is 0.314 e. The molecule has 3 atom stereocenters. The van der Waals surface area contributed by atoms with Crippen LogP contribution < -0.4 is 16.0 Å². The molecule has 3 amide bonds. The number of rotatable bonds is 8. The first-order chi connectivity index (χ1) is 14.3. The third-order valence-corrected chi connectivity index (χ3v) is 5.92. The van der Waals surface area contributed by atoms with E-state index in [1.807, 2.05) is 19.1 Å². The smallest absolute Gasteiger partial charge is 0.314 e. The summed E-state index contributed by atoms with van der Waals surface area (Å²) in [5.41, 5.74) is 2.82. The van der Waals surface area contributed by atoms with Crippen molar-refractivity contribution in [1.29, 1.82) is 5.26 Å². The van der Waals surface area contributed by atoms with Crippen molar-refractivity contribution in [2.24, 2.45) is 23.7 Å². The molecule has 162 valence electrons. The Balaban J connectivity index is 1.93. The van der Waals surface area contributed by atoms with Crippen LogP contribution in [-0.4, -0.2) is 25.0 Å². The van der Waals surface area contributed by atoms with Gasteiger partial charge >= 0.3 is 6.03 Å². The van der Waals surface area contributed by atoms with E-state index in [-0.39, 0.29) is 23.8 Å². The number of nitrogens with one attached hydrogen (secondary N) is 3. The minimum atomic E-state index is -0.129. The fourth-order valence-corrected chi connectivity index (χ4v) is 4.14. The summed E-state index contributed by atoms with van der Waals surface area (Å²) in [5, 5.41) is 17.6. The SMILES string of the molecule is CCNC(=O)NC[C@@H]1C=C(C)[C@H](CC(=O)NCc2ccc(C#N)cc2)C[C@H]1C(C)C. The van der Waals surface area contributed by atoms with Crippen LogP contribution in [0.4, 0.5) is 4.79 Å². The van der Waals surface area contributed by atoms with Gasteiger partial charge in [-0.1, -0.05) is 37.6 Å². The van der Waals surface area contributed by atoms with Gasteiger partial charge in [0.2, 0.25) is 5.91 Å². The number of amides is 3. The average Bonchev–Trinajstić information content (AvgIpc) is 2.72. The number of benzene rings is 1. The molecule has 1 aliphatic rings. The van der Waals surface area contributed by atoms with E-state index in [1.165, 1.54) is 5.57 Å². The van der Waals surface area contributed by atoms with Crippen molar-refractivity contribution in [3.63, 3.8) is 0 Å². The molecule has 0 spiro atoms. The number of carbonyl (C=O) groups excluding carboxylic acids is 2. The minimum Gasteiger partial charge on any atom is -0.352 e. The third-order valence-electron chi connectivity index (χ3n) is 5.92. The molecular formula is C24H34N4O2. The molecule has 2 rings (SSSR count). The van der Waals surface area contributed by atoms with Crippen molar-refractivity contribution < 1.29 is 9.59 Å². The molecule has 1 aromatic rings. The summed E-state index contributed by atoms with van der Waals surface area (Å²) in [6, 6.07) is 9.22. The zero-order chi connectivity index (χ0) is 22.1. The molecule has 0 fully saturated rings. The van der Waals surface area contributed by atoms with E-state index in [0.29, 0.717) is 43.5 Å².